The van der Waals surface area contributed by atoms with Crippen LogP contribution in [0.5, 0.6) is 5.75 Å². The number of carbonyl (C=O) groups is 1. The fourth-order valence-corrected chi connectivity index (χ4v) is 4.70. The summed E-state index contributed by atoms with van der Waals surface area (Å²) >= 11 is 0. The third kappa shape index (κ3) is 5.68. The van der Waals surface area contributed by atoms with E-state index < -0.39 is 15.9 Å². The fraction of sp³-hybridized carbons (Fsp3) is 0.240. The predicted molar refractivity (Wildman–Crippen MR) is 127 cm³/mol. The lowest BCUT2D eigenvalue weighted by molar-refractivity contribution is -0.119. The molecule has 0 spiro atoms. The maximum Gasteiger partial charge on any atom is 0.264 e. The summed E-state index contributed by atoms with van der Waals surface area (Å²) in [7, 11) is -3.92. The summed E-state index contributed by atoms with van der Waals surface area (Å²) in [5.41, 5.74) is 3.38. The molecule has 0 atom stereocenters. The minimum Gasteiger partial charge on any atom is -0.492 e. The van der Waals surface area contributed by atoms with E-state index in [9.17, 15) is 13.2 Å². The van der Waals surface area contributed by atoms with Gasteiger partial charge < -0.3 is 10.1 Å². The zero-order valence-electron chi connectivity index (χ0n) is 18.5. The summed E-state index contributed by atoms with van der Waals surface area (Å²) in [4.78, 5) is 12.8. The Morgan fingerprint density at radius 1 is 0.906 bits per heavy atom. The number of rotatable bonds is 9. The molecule has 3 aromatic rings. The van der Waals surface area contributed by atoms with E-state index in [0.29, 0.717) is 11.4 Å². The van der Waals surface area contributed by atoms with E-state index in [4.69, 9.17) is 4.74 Å². The second-order valence-corrected chi connectivity index (χ2v) is 9.42. The number of nitrogens with one attached hydrogen (secondary N) is 1. The summed E-state index contributed by atoms with van der Waals surface area (Å²) < 4.78 is 33.6. The normalized spacial score (nSPS) is 11.1. The van der Waals surface area contributed by atoms with Crippen LogP contribution in [0.4, 0.5) is 5.69 Å². The van der Waals surface area contributed by atoms with E-state index in [1.165, 1.54) is 16.4 Å². The molecule has 0 fully saturated rings. The first-order valence-corrected chi connectivity index (χ1v) is 11.8. The van der Waals surface area contributed by atoms with Crippen LogP contribution in [0.3, 0.4) is 0 Å². The van der Waals surface area contributed by atoms with Crippen LogP contribution in [0.1, 0.15) is 16.7 Å². The van der Waals surface area contributed by atoms with Gasteiger partial charge in [0.15, 0.2) is 0 Å². The molecule has 6 nitrogen and oxygen atoms in total. The summed E-state index contributed by atoms with van der Waals surface area (Å²) in [5, 5.41) is 2.75. The van der Waals surface area contributed by atoms with Crippen LogP contribution in [-0.2, 0) is 14.8 Å². The van der Waals surface area contributed by atoms with Crippen molar-refractivity contribution in [2.45, 2.75) is 25.7 Å². The lowest BCUT2D eigenvalue weighted by atomic mass is 10.1. The standard InChI is InChI=1S/C25H28N2O4S/c1-19-12-14-22(15-13-19)31-17-16-26-25(28)18-27(24-11-7-8-20(2)21(24)3)32(29,30)23-9-5-4-6-10-23/h4-15H,16-18H2,1-3H3,(H,26,28). The highest BCUT2D eigenvalue weighted by molar-refractivity contribution is 7.92. The van der Waals surface area contributed by atoms with Crippen LogP contribution in [0.2, 0.25) is 0 Å². The van der Waals surface area contributed by atoms with Crippen molar-refractivity contribution in [3.8, 4) is 5.75 Å². The van der Waals surface area contributed by atoms with Gasteiger partial charge in [0, 0.05) is 0 Å². The van der Waals surface area contributed by atoms with Gasteiger partial charge in [-0.25, -0.2) is 8.42 Å². The molecule has 0 unspecified atom stereocenters. The van der Waals surface area contributed by atoms with Crippen molar-refractivity contribution >= 4 is 21.6 Å². The van der Waals surface area contributed by atoms with Gasteiger partial charge in [0.1, 0.15) is 18.9 Å². The Morgan fingerprint density at radius 3 is 2.28 bits per heavy atom. The molecular formula is C25H28N2O4S. The number of hydrogen-bond acceptors (Lipinski definition) is 4. The maximum atomic E-state index is 13.4. The van der Waals surface area contributed by atoms with E-state index in [1.54, 1.807) is 30.3 Å². The molecule has 0 aromatic heterocycles. The Balaban J connectivity index is 1.73. The van der Waals surface area contributed by atoms with Gasteiger partial charge in [0.25, 0.3) is 10.0 Å². The van der Waals surface area contributed by atoms with Crippen LogP contribution in [0.25, 0.3) is 0 Å². The number of sulfonamides is 1. The van der Waals surface area contributed by atoms with Crippen LogP contribution in [-0.4, -0.2) is 34.0 Å². The smallest absolute Gasteiger partial charge is 0.264 e. The molecule has 1 N–H and O–H groups in total. The molecular weight excluding hydrogens is 424 g/mol. The molecule has 7 heteroatoms. The summed E-state index contributed by atoms with van der Waals surface area (Å²) in [6.45, 7) is 5.98. The second kappa shape index (κ2) is 10.3. The van der Waals surface area contributed by atoms with Crippen LogP contribution < -0.4 is 14.4 Å². The van der Waals surface area contributed by atoms with Crippen molar-refractivity contribution < 1.29 is 17.9 Å². The van der Waals surface area contributed by atoms with Gasteiger partial charge in [0.2, 0.25) is 5.91 Å². The van der Waals surface area contributed by atoms with Gasteiger partial charge in [-0.15, -0.1) is 0 Å². The molecule has 168 valence electrons. The SMILES string of the molecule is Cc1ccc(OCCNC(=O)CN(c2cccc(C)c2C)S(=O)(=O)c2ccccc2)cc1. The minimum absolute atomic E-state index is 0.136. The number of benzene rings is 3. The molecule has 0 aliphatic rings. The largest absolute Gasteiger partial charge is 0.492 e. The molecule has 1 amide bonds. The van der Waals surface area contributed by atoms with Gasteiger partial charge in [-0.05, 0) is 62.2 Å². The van der Waals surface area contributed by atoms with Crippen molar-refractivity contribution in [3.63, 3.8) is 0 Å². The number of carbonyl (C=O) groups excluding carboxylic acids is 1. The van der Waals surface area contributed by atoms with Gasteiger partial charge in [0.05, 0.1) is 17.1 Å². The van der Waals surface area contributed by atoms with E-state index in [0.717, 1.165) is 16.7 Å². The van der Waals surface area contributed by atoms with Crippen molar-refractivity contribution in [1.29, 1.82) is 0 Å². The van der Waals surface area contributed by atoms with E-state index >= 15 is 0 Å². The Bertz CT molecular complexity index is 1160. The zero-order chi connectivity index (χ0) is 23.1. The van der Waals surface area contributed by atoms with Crippen molar-refractivity contribution in [2.24, 2.45) is 0 Å². The molecule has 3 rings (SSSR count). The van der Waals surface area contributed by atoms with Crippen molar-refractivity contribution in [3.05, 3.63) is 89.5 Å². The van der Waals surface area contributed by atoms with Crippen molar-refractivity contribution in [1.82, 2.24) is 5.32 Å². The number of ether oxygens (including phenoxy) is 1. The van der Waals surface area contributed by atoms with E-state index in [1.807, 2.05) is 51.1 Å². The van der Waals surface area contributed by atoms with Gasteiger partial charge in [-0.2, -0.15) is 0 Å². The number of nitrogens with zero attached hydrogens (tertiary/aromatic N) is 1. The Morgan fingerprint density at radius 2 is 1.59 bits per heavy atom. The molecule has 0 saturated heterocycles. The summed E-state index contributed by atoms with van der Waals surface area (Å²) in [6, 6.07) is 21.2. The average Bonchev–Trinajstić information content (AvgIpc) is 2.79. The lowest BCUT2D eigenvalue weighted by Crippen LogP contribution is -2.42. The Labute approximate surface area is 189 Å². The zero-order valence-corrected chi connectivity index (χ0v) is 19.4. The molecule has 0 heterocycles. The van der Waals surface area contributed by atoms with Gasteiger partial charge in [-0.1, -0.05) is 48.0 Å². The lowest BCUT2D eigenvalue weighted by Gasteiger charge is -2.26. The minimum atomic E-state index is -3.92. The van der Waals surface area contributed by atoms with Crippen LogP contribution >= 0.6 is 0 Å². The topological polar surface area (TPSA) is 75.7 Å². The first-order chi connectivity index (χ1) is 15.3. The third-order valence-corrected chi connectivity index (χ3v) is 6.95. The number of aryl methyl sites for hydroxylation is 2. The number of hydrogen-bond donors (Lipinski definition) is 1. The highest BCUT2D eigenvalue weighted by Gasteiger charge is 2.28. The highest BCUT2D eigenvalue weighted by Crippen LogP contribution is 2.28. The van der Waals surface area contributed by atoms with Crippen molar-refractivity contribution in [2.75, 3.05) is 24.0 Å². The molecule has 32 heavy (non-hydrogen) atoms. The summed E-state index contributed by atoms with van der Waals surface area (Å²) in [5.74, 6) is 0.312. The second-order valence-electron chi connectivity index (χ2n) is 7.56. The number of anilines is 1. The first-order valence-electron chi connectivity index (χ1n) is 10.4. The van der Waals surface area contributed by atoms with Gasteiger partial charge >= 0.3 is 0 Å². The molecule has 0 aliphatic heterocycles. The molecule has 0 bridgehead atoms. The molecule has 0 radical (unpaired) electrons. The van der Waals surface area contributed by atoms with E-state index in [2.05, 4.69) is 5.32 Å². The Hall–Kier alpha value is -3.32. The van der Waals surface area contributed by atoms with Crippen LogP contribution in [0.15, 0.2) is 77.7 Å². The Kier molecular flexibility index (Phi) is 7.53. The average molecular weight is 453 g/mol. The maximum absolute atomic E-state index is 13.4. The quantitative estimate of drug-likeness (QED) is 0.498. The fourth-order valence-electron chi connectivity index (χ4n) is 3.21. The van der Waals surface area contributed by atoms with Gasteiger partial charge in [-0.3, -0.25) is 9.10 Å². The van der Waals surface area contributed by atoms with Crippen LogP contribution in [0, 0.1) is 20.8 Å². The third-order valence-electron chi connectivity index (χ3n) is 5.18. The number of amides is 1. The molecule has 0 aliphatic carbocycles. The molecule has 3 aromatic carbocycles. The highest BCUT2D eigenvalue weighted by atomic mass is 32.2. The van der Waals surface area contributed by atoms with E-state index in [-0.39, 0.29) is 24.6 Å². The predicted octanol–water partition coefficient (Wildman–Crippen LogP) is 4.00. The first kappa shape index (κ1) is 23.3. The molecule has 0 saturated carbocycles. The monoisotopic (exact) mass is 452 g/mol. The summed E-state index contributed by atoms with van der Waals surface area (Å²) in [6.07, 6.45) is 0.